The molecule has 2 rings (SSSR count). The minimum atomic E-state index is -0.622. The molecule has 1 aliphatic rings. The predicted octanol–water partition coefficient (Wildman–Crippen LogP) is 1.33. The normalized spacial score (nSPS) is 15.6. The smallest absolute Gasteiger partial charge is 0.276 e. The fourth-order valence-electron chi connectivity index (χ4n) is 1.60. The van der Waals surface area contributed by atoms with Crippen LogP contribution in [0.15, 0.2) is 43.0 Å². The minimum absolute atomic E-state index is 0.200. The molecule has 1 aromatic carbocycles. The Hall–Kier alpha value is -2.01. The monoisotopic (exact) mass is 246 g/mol. The summed E-state index contributed by atoms with van der Waals surface area (Å²) in [4.78, 5) is 26.0. The predicted molar refractivity (Wildman–Crippen MR) is 68.4 cm³/mol. The number of hydrogen-bond donors (Lipinski definition) is 0. The number of thiocarbonyl (C=S) groups is 1. The zero-order valence-corrected chi connectivity index (χ0v) is 9.81. The van der Waals surface area contributed by atoms with Crippen molar-refractivity contribution in [1.29, 1.82) is 0 Å². The lowest BCUT2D eigenvalue weighted by molar-refractivity contribution is -0.138. The Morgan fingerprint density at radius 1 is 1.18 bits per heavy atom. The van der Waals surface area contributed by atoms with Gasteiger partial charge in [-0.2, -0.15) is 0 Å². The van der Waals surface area contributed by atoms with Crippen molar-refractivity contribution in [2.45, 2.75) is 0 Å². The van der Waals surface area contributed by atoms with Crippen LogP contribution in [0.1, 0.15) is 0 Å². The number of benzene rings is 1. The Bertz CT molecular complexity index is 498. The van der Waals surface area contributed by atoms with Gasteiger partial charge in [0.2, 0.25) is 0 Å². The molecule has 0 atom stereocenters. The van der Waals surface area contributed by atoms with Crippen molar-refractivity contribution in [3.63, 3.8) is 0 Å². The van der Waals surface area contributed by atoms with Gasteiger partial charge in [0.25, 0.3) is 0 Å². The maximum Gasteiger partial charge on any atom is 0.323 e. The highest BCUT2D eigenvalue weighted by Gasteiger charge is 2.41. The van der Waals surface area contributed by atoms with Crippen LogP contribution in [0.3, 0.4) is 0 Å². The molecular weight excluding hydrogens is 236 g/mol. The van der Waals surface area contributed by atoms with E-state index in [1.807, 2.05) is 6.07 Å². The van der Waals surface area contributed by atoms with Crippen LogP contribution in [0.2, 0.25) is 0 Å². The Labute approximate surface area is 104 Å². The van der Waals surface area contributed by atoms with Crippen molar-refractivity contribution in [2.24, 2.45) is 0 Å². The van der Waals surface area contributed by atoms with Crippen LogP contribution < -0.4 is 4.90 Å². The number of nitrogens with zero attached hydrogens (tertiary/aromatic N) is 2. The Balaban J connectivity index is 2.37. The molecule has 0 radical (unpaired) electrons. The van der Waals surface area contributed by atoms with Gasteiger partial charge in [0.15, 0.2) is 5.11 Å². The summed E-state index contributed by atoms with van der Waals surface area (Å²) in [5.41, 5.74) is 0.599. The topological polar surface area (TPSA) is 40.6 Å². The molecule has 5 heteroatoms. The Morgan fingerprint density at radius 2 is 1.82 bits per heavy atom. The van der Waals surface area contributed by atoms with Gasteiger partial charge in [-0.25, -0.2) is 4.90 Å². The fraction of sp³-hybridized carbons (Fsp3) is 0.0833. The molecule has 1 fully saturated rings. The molecule has 0 aromatic heterocycles. The summed E-state index contributed by atoms with van der Waals surface area (Å²) in [6.45, 7) is 3.78. The van der Waals surface area contributed by atoms with E-state index in [2.05, 4.69) is 6.58 Å². The molecule has 0 N–H and O–H groups in total. The lowest BCUT2D eigenvalue weighted by Crippen LogP contribution is -2.33. The Kier molecular flexibility index (Phi) is 3.01. The van der Waals surface area contributed by atoms with Crippen LogP contribution in [0.4, 0.5) is 5.69 Å². The molecule has 86 valence electrons. The quantitative estimate of drug-likeness (QED) is 0.459. The van der Waals surface area contributed by atoms with Crippen molar-refractivity contribution >= 4 is 34.8 Å². The first-order chi connectivity index (χ1) is 8.16. The highest BCUT2D eigenvalue weighted by atomic mass is 32.1. The van der Waals surface area contributed by atoms with E-state index in [0.717, 1.165) is 0 Å². The third-order valence-corrected chi connectivity index (χ3v) is 2.78. The molecule has 1 saturated heterocycles. The van der Waals surface area contributed by atoms with Crippen molar-refractivity contribution in [1.82, 2.24) is 4.90 Å². The van der Waals surface area contributed by atoms with Gasteiger partial charge in [0.1, 0.15) is 0 Å². The van der Waals surface area contributed by atoms with Crippen LogP contribution in [-0.2, 0) is 9.59 Å². The summed E-state index contributed by atoms with van der Waals surface area (Å²) in [7, 11) is 0. The SMILES string of the molecule is C=CCN1C(=O)C(=O)N(c2ccccc2)C1=S. The van der Waals surface area contributed by atoms with Gasteiger partial charge in [-0.1, -0.05) is 24.3 Å². The molecule has 1 aromatic rings. The van der Waals surface area contributed by atoms with Crippen LogP contribution >= 0.6 is 12.2 Å². The first-order valence-corrected chi connectivity index (χ1v) is 5.43. The number of hydrogen-bond acceptors (Lipinski definition) is 3. The maximum atomic E-state index is 11.8. The number of carbonyl (C=O) groups is 2. The number of para-hydroxylation sites is 1. The molecule has 0 aliphatic carbocycles. The third kappa shape index (κ3) is 1.85. The maximum absolute atomic E-state index is 11.8. The van der Waals surface area contributed by atoms with Gasteiger partial charge >= 0.3 is 11.8 Å². The summed E-state index contributed by atoms with van der Waals surface area (Å²) < 4.78 is 0. The second-order valence-corrected chi connectivity index (χ2v) is 3.83. The molecule has 0 saturated carbocycles. The van der Waals surface area contributed by atoms with E-state index < -0.39 is 11.8 Å². The van der Waals surface area contributed by atoms with Crippen LogP contribution in [0.5, 0.6) is 0 Å². The standard InChI is InChI=1S/C12H10N2O2S/c1-2-8-13-10(15)11(16)14(12(13)17)9-6-4-3-5-7-9/h2-7H,1,8H2. The van der Waals surface area contributed by atoms with E-state index >= 15 is 0 Å². The second-order valence-electron chi connectivity index (χ2n) is 3.46. The molecular formula is C12H10N2O2S. The second kappa shape index (κ2) is 4.47. The average molecular weight is 246 g/mol. The van der Waals surface area contributed by atoms with Crippen LogP contribution in [0.25, 0.3) is 0 Å². The summed E-state index contributed by atoms with van der Waals surface area (Å²) in [5.74, 6) is -1.23. The van der Waals surface area contributed by atoms with Crippen molar-refractivity contribution in [2.75, 3.05) is 11.4 Å². The van der Waals surface area contributed by atoms with Crippen molar-refractivity contribution in [3.8, 4) is 0 Å². The summed E-state index contributed by atoms with van der Waals surface area (Å²) in [6, 6.07) is 8.86. The first kappa shape index (κ1) is 11.5. The highest BCUT2D eigenvalue weighted by molar-refractivity contribution is 7.80. The van der Waals surface area contributed by atoms with Crippen LogP contribution in [0, 0.1) is 0 Å². The summed E-state index contributed by atoms with van der Waals surface area (Å²) in [5, 5.41) is 0.200. The average Bonchev–Trinajstić information content (AvgIpc) is 2.55. The lowest BCUT2D eigenvalue weighted by Gasteiger charge is -2.17. The summed E-state index contributed by atoms with van der Waals surface area (Å²) in [6.07, 6.45) is 1.53. The minimum Gasteiger partial charge on any atom is -0.276 e. The molecule has 1 aliphatic heterocycles. The van der Waals surface area contributed by atoms with E-state index in [0.29, 0.717) is 5.69 Å². The van der Waals surface area contributed by atoms with Gasteiger partial charge in [-0.15, -0.1) is 6.58 Å². The molecule has 2 amide bonds. The van der Waals surface area contributed by atoms with E-state index in [9.17, 15) is 9.59 Å². The molecule has 0 unspecified atom stereocenters. The van der Waals surface area contributed by atoms with E-state index in [-0.39, 0.29) is 11.7 Å². The molecule has 1 heterocycles. The number of carbonyl (C=O) groups excluding carboxylic acids is 2. The van der Waals surface area contributed by atoms with E-state index in [1.54, 1.807) is 24.3 Å². The molecule has 17 heavy (non-hydrogen) atoms. The summed E-state index contributed by atoms with van der Waals surface area (Å²) >= 11 is 5.13. The fourth-order valence-corrected chi connectivity index (χ4v) is 1.95. The highest BCUT2D eigenvalue weighted by Crippen LogP contribution is 2.21. The number of rotatable bonds is 3. The van der Waals surface area contributed by atoms with Gasteiger partial charge in [-0.3, -0.25) is 14.5 Å². The van der Waals surface area contributed by atoms with Crippen molar-refractivity contribution in [3.05, 3.63) is 43.0 Å². The zero-order valence-electron chi connectivity index (χ0n) is 9.00. The molecule has 0 bridgehead atoms. The largest absolute Gasteiger partial charge is 0.323 e. The molecule has 4 nitrogen and oxygen atoms in total. The van der Waals surface area contributed by atoms with Gasteiger partial charge in [-0.05, 0) is 24.4 Å². The van der Waals surface area contributed by atoms with Gasteiger partial charge in [0.05, 0.1) is 5.69 Å². The Morgan fingerprint density at radius 3 is 2.41 bits per heavy atom. The van der Waals surface area contributed by atoms with Crippen LogP contribution in [-0.4, -0.2) is 28.4 Å². The van der Waals surface area contributed by atoms with Gasteiger partial charge in [0, 0.05) is 6.54 Å². The molecule has 0 spiro atoms. The third-order valence-electron chi connectivity index (χ3n) is 2.38. The van der Waals surface area contributed by atoms with E-state index in [4.69, 9.17) is 12.2 Å². The lowest BCUT2D eigenvalue weighted by atomic mass is 10.3. The first-order valence-electron chi connectivity index (χ1n) is 5.02. The van der Waals surface area contributed by atoms with Gasteiger partial charge < -0.3 is 0 Å². The number of amides is 2. The van der Waals surface area contributed by atoms with E-state index in [1.165, 1.54) is 15.9 Å². The van der Waals surface area contributed by atoms with Crippen molar-refractivity contribution < 1.29 is 9.59 Å². The number of anilines is 1. The zero-order chi connectivity index (χ0) is 12.4.